The number of nitrogens with one attached hydrogen (secondary N) is 1. The van der Waals surface area contributed by atoms with Gasteiger partial charge in [0.05, 0.1) is 4.90 Å². The summed E-state index contributed by atoms with van der Waals surface area (Å²) < 4.78 is 27.3. The number of sulfonamides is 1. The summed E-state index contributed by atoms with van der Waals surface area (Å²) in [7, 11) is -3.69. The summed E-state index contributed by atoms with van der Waals surface area (Å²) in [5.74, 6) is -0.163. The van der Waals surface area contributed by atoms with Crippen molar-refractivity contribution in [3.63, 3.8) is 0 Å². The van der Waals surface area contributed by atoms with Gasteiger partial charge in [0, 0.05) is 16.8 Å². The molecule has 0 unspecified atom stereocenters. The van der Waals surface area contributed by atoms with Crippen LogP contribution >= 0.6 is 0 Å². The van der Waals surface area contributed by atoms with Crippen molar-refractivity contribution in [2.75, 3.05) is 4.72 Å². The number of anilines is 1. The molecule has 0 aliphatic carbocycles. The van der Waals surface area contributed by atoms with Crippen LogP contribution in [0.3, 0.4) is 0 Å². The number of allylic oxidation sites excluding steroid dienone is 1. The van der Waals surface area contributed by atoms with Gasteiger partial charge in [0.1, 0.15) is 5.75 Å². The molecule has 6 heteroatoms. The average Bonchev–Trinajstić information content (AvgIpc) is 2.68. The lowest BCUT2D eigenvalue weighted by atomic mass is 10.1. The van der Waals surface area contributed by atoms with Crippen molar-refractivity contribution in [3.05, 3.63) is 95.6 Å². The van der Waals surface area contributed by atoms with Crippen molar-refractivity contribution in [1.82, 2.24) is 0 Å². The number of para-hydroxylation sites is 1. The highest BCUT2D eigenvalue weighted by Crippen LogP contribution is 2.19. The summed E-state index contributed by atoms with van der Waals surface area (Å²) in [5.41, 5.74) is 2.28. The first-order valence-corrected chi connectivity index (χ1v) is 10.0. The van der Waals surface area contributed by atoms with Gasteiger partial charge in [-0.15, -0.1) is 0 Å². The number of benzene rings is 3. The van der Waals surface area contributed by atoms with Crippen molar-refractivity contribution in [3.8, 4) is 5.75 Å². The van der Waals surface area contributed by atoms with E-state index in [1.54, 1.807) is 60.7 Å². The summed E-state index contributed by atoms with van der Waals surface area (Å²) in [6.07, 6.45) is 2.90. The van der Waals surface area contributed by atoms with Gasteiger partial charge in [0.2, 0.25) is 0 Å². The lowest BCUT2D eigenvalue weighted by molar-refractivity contribution is 0.104. The van der Waals surface area contributed by atoms with Gasteiger partial charge in [-0.25, -0.2) is 8.42 Å². The van der Waals surface area contributed by atoms with E-state index in [0.29, 0.717) is 16.8 Å². The first-order valence-electron chi connectivity index (χ1n) is 8.55. The number of carbonyl (C=O) groups excluding carboxylic acids is 1. The van der Waals surface area contributed by atoms with E-state index in [1.165, 1.54) is 24.3 Å². The SMILES string of the molecule is Cc1ccc(S(=O)(=O)Nc2ccc(C(=O)C=Cc3ccccc3O)cc2)cc1. The number of carbonyl (C=O) groups is 1. The van der Waals surface area contributed by atoms with Crippen LogP contribution in [0, 0.1) is 6.92 Å². The highest BCUT2D eigenvalue weighted by atomic mass is 32.2. The number of aromatic hydroxyl groups is 1. The van der Waals surface area contributed by atoms with Crippen molar-refractivity contribution in [2.45, 2.75) is 11.8 Å². The summed E-state index contributed by atoms with van der Waals surface area (Å²) in [6.45, 7) is 1.88. The topological polar surface area (TPSA) is 83.5 Å². The normalized spacial score (nSPS) is 11.5. The number of ketones is 1. The lowest BCUT2D eigenvalue weighted by Crippen LogP contribution is -2.13. The van der Waals surface area contributed by atoms with Crippen LogP contribution in [-0.2, 0) is 10.0 Å². The minimum Gasteiger partial charge on any atom is -0.507 e. The Morgan fingerprint density at radius 2 is 1.57 bits per heavy atom. The zero-order valence-corrected chi connectivity index (χ0v) is 16.0. The quantitative estimate of drug-likeness (QED) is 0.480. The highest BCUT2D eigenvalue weighted by Gasteiger charge is 2.14. The number of hydrogen-bond donors (Lipinski definition) is 2. The number of rotatable bonds is 6. The Kier molecular flexibility index (Phi) is 5.61. The molecule has 2 N–H and O–H groups in total. The molecular weight excluding hydrogens is 374 g/mol. The van der Waals surface area contributed by atoms with E-state index in [0.717, 1.165) is 5.56 Å². The number of phenolic OH excluding ortho intramolecular Hbond substituents is 1. The van der Waals surface area contributed by atoms with Crippen molar-refractivity contribution in [1.29, 1.82) is 0 Å². The Bertz CT molecular complexity index is 1120. The molecule has 3 rings (SSSR count). The molecule has 0 saturated carbocycles. The average molecular weight is 393 g/mol. The van der Waals surface area contributed by atoms with E-state index in [1.807, 2.05) is 6.92 Å². The number of aryl methyl sites for hydroxylation is 1. The monoisotopic (exact) mass is 393 g/mol. The van der Waals surface area contributed by atoms with Gasteiger partial charge in [-0.05, 0) is 61.5 Å². The predicted octanol–water partition coefficient (Wildman–Crippen LogP) is 4.40. The van der Waals surface area contributed by atoms with E-state index in [4.69, 9.17) is 0 Å². The smallest absolute Gasteiger partial charge is 0.261 e. The van der Waals surface area contributed by atoms with Crippen LogP contribution in [0.4, 0.5) is 5.69 Å². The predicted molar refractivity (Wildman–Crippen MR) is 110 cm³/mol. The molecule has 0 saturated heterocycles. The summed E-state index contributed by atoms with van der Waals surface area (Å²) in [6, 6.07) is 19.4. The molecule has 0 bridgehead atoms. The van der Waals surface area contributed by atoms with Gasteiger partial charge >= 0.3 is 0 Å². The fourth-order valence-electron chi connectivity index (χ4n) is 2.52. The van der Waals surface area contributed by atoms with Crippen molar-refractivity contribution >= 4 is 27.6 Å². The molecule has 0 fully saturated rings. The Morgan fingerprint density at radius 3 is 2.21 bits per heavy atom. The molecule has 0 aliphatic rings. The molecule has 0 spiro atoms. The highest BCUT2D eigenvalue weighted by molar-refractivity contribution is 7.92. The summed E-state index contributed by atoms with van der Waals surface area (Å²) >= 11 is 0. The third kappa shape index (κ3) is 4.66. The van der Waals surface area contributed by atoms with Crippen LogP contribution in [0.15, 0.2) is 83.8 Å². The van der Waals surface area contributed by atoms with Gasteiger partial charge in [0.25, 0.3) is 10.0 Å². The molecule has 142 valence electrons. The minimum absolute atomic E-state index is 0.0902. The molecule has 0 radical (unpaired) electrons. The van der Waals surface area contributed by atoms with Crippen LogP contribution in [0.5, 0.6) is 5.75 Å². The third-order valence-electron chi connectivity index (χ3n) is 4.10. The van der Waals surface area contributed by atoms with Crippen molar-refractivity contribution < 1.29 is 18.3 Å². The number of hydrogen-bond acceptors (Lipinski definition) is 4. The molecular formula is C22H19NO4S. The van der Waals surface area contributed by atoms with E-state index >= 15 is 0 Å². The van der Waals surface area contributed by atoms with E-state index in [-0.39, 0.29) is 16.4 Å². The summed E-state index contributed by atoms with van der Waals surface area (Å²) in [4.78, 5) is 12.4. The van der Waals surface area contributed by atoms with Crippen LogP contribution in [0.1, 0.15) is 21.5 Å². The molecule has 28 heavy (non-hydrogen) atoms. The fourth-order valence-corrected chi connectivity index (χ4v) is 3.58. The molecule has 0 amide bonds. The van der Waals surface area contributed by atoms with Crippen LogP contribution in [-0.4, -0.2) is 19.3 Å². The molecule has 3 aromatic rings. The molecule has 0 aromatic heterocycles. The van der Waals surface area contributed by atoms with E-state index < -0.39 is 10.0 Å². The second-order valence-electron chi connectivity index (χ2n) is 6.25. The van der Waals surface area contributed by atoms with Gasteiger partial charge in [0.15, 0.2) is 5.78 Å². The Hall–Kier alpha value is -3.38. The maximum atomic E-state index is 12.4. The maximum absolute atomic E-state index is 12.4. The molecule has 3 aromatic carbocycles. The molecule has 5 nitrogen and oxygen atoms in total. The zero-order chi connectivity index (χ0) is 20.1. The van der Waals surface area contributed by atoms with Gasteiger partial charge in [-0.3, -0.25) is 9.52 Å². The van der Waals surface area contributed by atoms with E-state index in [9.17, 15) is 18.3 Å². The lowest BCUT2D eigenvalue weighted by Gasteiger charge is -2.08. The van der Waals surface area contributed by atoms with E-state index in [2.05, 4.69) is 4.72 Å². The van der Waals surface area contributed by atoms with Crippen LogP contribution in [0.2, 0.25) is 0 Å². The van der Waals surface area contributed by atoms with Crippen LogP contribution < -0.4 is 4.72 Å². The van der Waals surface area contributed by atoms with Gasteiger partial charge < -0.3 is 5.11 Å². The van der Waals surface area contributed by atoms with Crippen LogP contribution in [0.25, 0.3) is 6.08 Å². The van der Waals surface area contributed by atoms with Crippen molar-refractivity contribution in [2.24, 2.45) is 0 Å². The number of phenols is 1. The van der Waals surface area contributed by atoms with Gasteiger partial charge in [-0.1, -0.05) is 35.9 Å². The zero-order valence-electron chi connectivity index (χ0n) is 15.2. The minimum atomic E-state index is -3.69. The first kappa shape index (κ1) is 19.4. The molecule has 0 heterocycles. The Morgan fingerprint density at radius 1 is 0.929 bits per heavy atom. The molecule has 0 aliphatic heterocycles. The second kappa shape index (κ2) is 8.10. The Labute approximate surface area is 164 Å². The Balaban J connectivity index is 1.72. The largest absolute Gasteiger partial charge is 0.507 e. The maximum Gasteiger partial charge on any atom is 0.261 e. The summed E-state index contributed by atoms with van der Waals surface area (Å²) in [5, 5.41) is 9.72. The third-order valence-corrected chi connectivity index (χ3v) is 5.50. The second-order valence-corrected chi connectivity index (χ2v) is 7.93. The van der Waals surface area contributed by atoms with Gasteiger partial charge in [-0.2, -0.15) is 0 Å². The fraction of sp³-hybridized carbons (Fsp3) is 0.0455. The standard InChI is InChI=1S/C22H19NO4S/c1-16-6-13-20(14-7-16)28(26,27)23-19-11-8-18(9-12-19)22(25)15-10-17-4-2-3-5-21(17)24/h2-15,23-24H,1H3. The first-order chi connectivity index (χ1) is 13.3. The molecule has 0 atom stereocenters.